The van der Waals surface area contributed by atoms with Crippen LogP contribution in [0.1, 0.15) is 187 Å². The molecule has 0 nitrogen and oxygen atoms in total. The highest BCUT2D eigenvalue weighted by Crippen LogP contribution is 2.24. The first-order valence-corrected chi connectivity index (χ1v) is 15.1. The van der Waals surface area contributed by atoms with Gasteiger partial charge < -0.3 is 0 Å². The summed E-state index contributed by atoms with van der Waals surface area (Å²) in [5.74, 6) is 1.01. The predicted molar refractivity (Wildman–Crippen MR) is 145 cm³/mol. The molecule has 0 fully saturated rings. The van der Waals surface area contributed by atoms with Gasteiger partial charge in [-0.3, -0.25) is 0 Å². The van der Waals surface area contributed by atoms with Gasteiger partial charge >= 0.3 is 0 Å². The van der Waals surface area contributed by atoms with E-state index >= 15 is 0 Å². The molecule has 0 saturated carbocycles. The van der Waals surface area contributed by atoms with Crippen LogP contribution in [0.15, 0.2) is 0 Å². The Balaban J connectivity index is 3.59. The highest BCUT2D eigenvalue weighted by atomic mass is 14.1. The first-order chi connectivity index (χ1) is 15.3. The van der Waals surface area contributed by atoms with E-state index < -0.39 is 0 Å². The zero-order chi connectivity index (χ0) is 22.7. The molecule has 0 saturated heterocycles. The van der Waals surface area contributed by atoms with Crippen molar-refractivity contribution in [1.29, 1.82) is 0 Å². The van der Waals surface area contributed by atoms with Crippen molar-refractivity contribution in [3.05, 3.63) is 6.92 Å². The molecule has 1 unspecified atom stereocenters. The van der Waals surface area contributed by atoms with Crippen molar-refractivity contribution in [3.63, 3.8) is 0 Å². The molecule has 0 aliphatic carbocycles. The van der Waals surface area contributed by atoms with Crippen LogP contribution in [-0.4, -0.2) is 0 Å². The normalized spacial score (nSPS) is 12.5. The van der Waals surface area contributed by atoms with E-state index in [1.807, 2.05) is 0 Å². The minimum absolute atomic E-state index is 1.01. The molecular formula is C31H63. The first kappa shape index (κ1) is 31.0. The van der Waals surface area contributed by atoms with Gasteiger partial charge in [-0.05, 0) is 5.92 Å². The highest BCUT2D eigenvalue weighted by Gasteiger charge is 2.08. The van der Waals surface area contributed by atoms with E-state index in [1.54, 1.807) is 0 Å². The summed E-state index contributed by atoms with van der Waals surface area (Å²) in [4.78, 5) is 0. The Labute approximate surface area is 200 Å². The molecule has 0 amide bonds. The monoisotopic (exact) mass is 435 g/mol. The molecule has 187 valence electrons. The molecule has 0 heterocycles. The molecule has 0 spiro atoms. The number of unbranched alkanes of at least 4 members (excludes halogenated alkanes) is 21. The quantitative estimate of drug-likeness (QED) is 0.112. The van der Waals surface area contributed by atoms with E-state index in [4.69, 9.17) is 0 Å². The van der Waals surface area contributed by atoms with Crippen molar-refractivity contribution >= 4 is 0 Å². The Morgan fingerprint density at radius 3 is 0.903 bits per heavy atom. The standard InChI is InChI=1S/C31H63/c1-4-7-10-12-14-16-17-18-20-22-24-27-30-31(28-25-9-6-3)29-26-23-21-19-15-13-11-8-5-2/h31H,3-30H2,1-2H3. The van der Waals surface area contributed by atoms with Gasteiger partial charge in [0.2, 0.25) is 0 Å². The van der Waals surface area contributed by atoms with Crippen molar-refractivity contribution in [2.75, 3.05) is 0 Å². The van der Waals surface area contributed by atoms with Crippen LogP contribution < -0.4 is 0 Å². The van der Waals surface area contributed by atoms with Gasteiger partial charge in [-0.2, -0.15) is 0 Å². The average Bonchev–Trinajstić information content (AvgIpc) is 2.78. The van der Waals surface area contributed by atoms with Crippen LogP contribution in [-0.2, 0) is 0 Å². The van der Waals surface area contributed by atoms with E-state index in [2.05, 4.69) is 20.8 Å². The molecule has 0 aliphatic heterocycles. The highest BCUT2D eigenvalue weighted by molar-refractivity contribution is 4.62. The molecular weight excluding hydrogens is 372 g/mol. The summed E-state index contributed by atoms with van der Waals surface area (Å²) in [5.41, 5.74) is 0. The molecule has 0 rings (SSSR count). The third kappa shape index (κ3) is 26.1. The lowest BCUT2D eigenvalue weighted by Crippen LogP contribution is -2.01. The first-order valence-electron chi connectivity index (χ1n) is 15.1. The fourth-order valence-electron chi connectivity index (χ4n) is 5.06. The van der Waals surface area contributed by atoms with Crippen LogP contribution in [0.4, 0.5) is 0 Å². The van der Waals surface area contributed by atoms with Gasteiger partial charge in [-0.1, -0.05) is 194 Å². The van der Waals surface area contributed by atoms with Gasteiger partial charge in [0.1, 0.15) is 0 Å². The number of hydrogen-bond donors (Lipinski definition) is 0. The Morgan fingerprint density at radius 2 is 0.613 bits per heavy atom. The maximum absolute atomic E-state index is 4.04. The van der Waals surface area contributed by atoms with Crippen LogP contribution in [0.5, 0.6) is 0 Å². The Hall–Kier alpha value is 0. The fraction of sp³-hybridized carbons (Fsp3) is 0.968. The average molecular weight is 436 g/mol. The van der Waals surface area contributed by atoms with Gasteiger partial charge in [0, 0.05) is 0 Å². The van der Waals surface area contributed by atoms with Gasteiger partial charge in [-0.25, -0.2) is 0 Å². The van der Waals surface area contributed by atoms with E-state index in [9.17, 15) is 0 Å². The molecule has 0 N–H and O–H groups in total. The van der Waals surface area contributed by atoms with Crippen LogP contribution in [0, 0.1) is 12.8 Å². The Bertz CT molecular complexity index is 294. The Kier molecular flexibility index (Phi) is 28.0. The summed E-state index contributed by atoms with van der Waals surface area (Å²) in [6.45, 7) is 8.66. The van der Waals surface area contributed by atoms with Crippen LogP contribution in [0.3, 0.4) is 0 Å². The third-order valence-electron chi connectivity index (χ3n) is 7.29. The lowest BCUT2D eigenvalue weighted by Gasteiger charge is -2.17. The van der Waals surface area contributed by atoms with Gasteiger partial charge in [0.15, 0.2) is 0 Å². The minimum atomic E-state index is 1.01. The van der Waals surface area contributed by atoms with Crippen molar-refractivity contribution in [2.45, 2.75) is 187 Å². The molecule has 0 aromatic carbocycles. The molecule has 1 radical (unpaired) electrons. The largest absolute Gasteiger partial charge is 0.0654 e. The van der Waals surface area contributed by atoms with Crippen LogP contribution >= 0.6 is 0 Å². The minimum Gasteiger partial charge on any atom is -0.0654 e. The summed E-state index contributed by atoms with van der Waals surface area (Å²) in [5, 5.41) is 0. The molecule has 1 atom stereocenters. The lowest BCUT2D eigenvalue weighted by molar-refractivity contribution is 0.368. The van der Waals surface area contributed by atoms with E-state index in [-0.39, 0.29) is 0 Å². The summed E-state index contributed by atoms with van der Waals surface area (Å²) in [6, 6.07) is 0. The zero-order valence-corrected chi connectivity index (χ0v) is 22.4. The topological polar surface area (TPSA) is 0 Å². The van der Waals surface area contributed by atoms with Gasteiger partial charge in [0.05, 0.1) is 0 Å². The van der Waals surface area contributed by atoms with Crippen molar-refractivity contribution in [3.8, 4) is 0 Å². The molecule has 0 aromatic rings. The van der Waals surface area contributed by atoms with E-state index in [0.29, 0.717) is 0 Å². The smallest absolute Gasteiger partial charge is 0.0414 e. The summed E-state index contributed by atoms with van der Waals surface area (Å²) in [6.07, 6.45) is 39.2. The zero-order valence-electron chi connectivity index (χ0n) is 22.4. The number of rotatable bonds is 27. The van der Waals surface area contributed by atoms with Crippen molar-refractivity contribution < 1.29 is 0 Å². The number of hydrogen-bond acceptors (Lipinski definition) is 0. The summed E-state index contributed by atoms with van der Waals surface area (Å²) >= 11 is 0. The molecule has 0 heteroatoms. The second kappa shape index (κ2) is 28.0. The van der Waals surface area contributed by atoms with Crippen molar-refractivity contribution in [2.24, 2.45) is 5.92 Å². The van der Waals surface area contributed by atoms with Crippen molar-refractivity contribution in [1.82, 2.24) is 0 Å². The van der Waals surface area contributed by atoms with E-state index in [1.165, 1.54) is 167 Å². The SMILES string of the molecule is [CH2]CCCCC(CCCCCCCCCCC)CCCCCCCCCCCCCC. The molecule has 0 aliphatic rings. The molecule has 31 heavy (non-hydrogen) atoms. The second-order valence-electron chi connectivity index (χ2n) is 10.5. The lowest BCUT2D eigenvalue weighted by atomic mass is 9.89. The van der Waals surface area contributed by atoms with E-state index in [0.717, 1.165) is 12.3 Å². The predicted octanol–water partition coefficient (Wildman–Crippen LogP) is 12.0. The third-order valence-corrected chi connectivity index (χ3v) is 7.29. The fourth-order valence-corrected chi connectivity index (χ4v) is 5.06. The molecule has 0 bridgehead atoms. The summed E-state index contributed by atoms with van der Waals surface area (Å²) in [7, 11) is 0. The maximum atomic E-state index is 4.04. The summed E-state index contributed by atoms with van der Waals surface area (Å²) < 4.78 is 0. The maximum Gasteiger partial charge on any atom is -0.0414 e. The Morgan fingerprint density at radius 1 is 0.355 bits per heavy atom. The molecule has 0 aromatic heterocycles. The second-order valence-corrected chi connectivity index (χ2v) is 10.5. The van der Waals surface area contributed by atoms with Crippen LogP contribution in [0.25, 0.3) is 0 Å². The van der Waals surface area contributed by atoms with Gasteiger partial charge in [-0.15, -0.1) is 0 Å². The van der Waals surface area contributed by atoms with Gasteiger partial charge in [0.25, 0.3) is 0 Å². The van der Waals surface area contributed by atoms with Crippen LogP contribution in [0.2, 0.25) is 0 Å².